The Kier molecular flexibility index (Phi) is 8.05. The molecule has 2 aromatic carbocycles. The number of hydrogen-bond donors (Lipinski definition) is 0. The first-order valence-corrected chi connectivity index (χ1v) is 9.45. The average molecular weight is 368 g/mol. The number of carbonyl (C=O) groups excluding carboxylic acids is 2. The molecular weight excluding hydrogens is 340 g/mol. The zero-order chi connectivity index (χ0) is 19.6. The van der Waals surface area contributed by atoms with Crippen LogP contribution in [0.3, 0.4) is 0 Å². The molecule has 0 fully saturated rings. The predicted octanol–water partition coefficient (Wildman–Crippen LogP) is 5.14. The zero-order valence-corrected chi connectivity index (χ0v) is 16.3. The van der Waals surface area contributed by atoms with E-state index < -0.39 is 0 Å². The lowest BCUT2D eigenvalue weighted by molar-refractivity contribution is 0.0280. The van der Waals surface area contributed by atoms with E-state index in [4.69, 9.17) is 9.47 Å². The van der Waals surface area contributed by atoms with Crippen LogP contribution in [0.2, 0.25) is 0 Å². The Balaban J connectivity index is 1.70. The fraction of sp³-hybridized carbons (Fsp3) is 0.391. The van der Waals surface area contributed by atoms with Crippen molar-refractivity contribution in [3.63, 3.8) is 0 Å². The van der Waals surface area contributed by atoms with Crippen molar-refractivity contribution in [3.05, 3.63) is 71.8 Å². The summed E-state index contributed by atoms with van der Waals surface area (Å²) in [6, 6.07) is 18.0. The molecule has 0 bridgehead atoms. The monoisotopic (exact) mass is 368 g/mol. The van der Waals surface area contributed by atoms with Gasteiger partial charge in [0.25, 0.3) is 0 Å². The highest BCUT2D eigenvalue weighted by Gasteiger charge is 2.18. The normalized spacial score (nSPS) is 14.0. The standard InChI is InChI=1S/C23H28O4/c1-17(18(2)16-26-22(24)20-10-6-4-7-11-20)14-15-19(3)27-23(25)21-12-8-5-9-13-21/h4-13,17-19H,14-16H2,1-3H3. The minimum absolute atomic E-state index is 0.153. The summed E-state index contributed by atoms with van der Waals surface area (Å²) in [5.41, 5.74) is 1.14. The summed E-state index contributed by atoms with van der Waals surface area (Å²) < 4.78 is 10.9. The van der Waals surface area contributed by atoms with Gasteiger partial charge >= 0.3 is 11.9 Å². The highest BCUT2D eigenvalue weighted by molar-refractivity contribution is 5.89. The Bertz CT molecular complexity index is 712. The second kappa shape index (κ2) is 10.5. The quantitative estimate of drug-likeness (QED) is 0.575. The predicted molar refractivity (Wildman–Crippen MR) is 106 cm³/mol. The van der Waals surface area contributed by atoms with Crippen LogP contribution >= 0.6 is 0 Å². The smallest absolute Gasteiger partial charge is 0.338 e. The SMILES string of the molecule is CC(CCC(C)C(C)COC(=O)c1ccccc1)OC(=O)c1ccccc1. The molecule has 0 aliphatic heterocycles. The first kappa shape index (κ1) is 20.7. The molecule has 0 N–H and O–H groups in total. The number of esters is 2. The molecule has 3 atom stereocenters. The van der Waals surface area contributed by atoms with Gasteiger partial charge in [0.05, 0.1) is 23.8 Å². The van der Waals surface area contributed by atoms with Gasteiger partial charge in [-0.1, -0.05) is 50.2 Å². The molecule has 4 heteroatoms. The summed E-state index contributed by atoms with van der Waals surface area (Å²) in [6.07, 6.45) is 1.52. The molecule has 0 amide bonds. The third-order valence-electron chi connectivity index (χ3n) is 4.80. The van der Waals surface area contributed by atoms with Gasteiger partial charge < -0.3 is 9.47 Å². The molecule has 2 rings (SSSR count). The molecule has 3 unspecified atom stereocenters. The maximum absolute atomic E-state index is 12.1. The second-order valence-corrected chi connectivity index (χ2v) is 7.08. The molecule has 2 aromatic rings. The Hall–Kier alpha value is -2.62. The molecule has 27 heavy (non-hydrogen) atoms. The summed E-state index contributed by atoms with van der Waals surface area (Å²) in [5.74, 6) is 0.00143. The van der Waals surface area contributed by atoms with Crippen molar-refractivity contribution in [2.45, 2.75) is 39.7 Å². The summed E-state index contributed by atoms with van der Waals surface area (Å²) in [7, 11) is 0. The van der Waals surface area contributed by atoms with E-state index in [2.05, 4.69) is 13.8 Å². The first-order chi connectivity index (χ1) is 13.0. The largest absolute Gasteiger partial charge is 0.462 e. The molecule has 0 saturated carbocycles. The van der Waals surface area contributed by atoms with E-state index >= 15 is 0 Å². The van der Waals surface area contributed by atoms with Crippen LogP contribution in [-0.4, -0.2) is 24.6 Å². The van der Waals surface area contributed by atoms with Crippen LogP contribution in [0.4, 0.5) is 0 Å². The van der Waals surface area contributed by atoms with Crippen LogP contribution in [0.15, 0.2) is 60.7 Å². The van der Waals surface area contributed by atoms with E-state index in [9.17, 15) is 9.59 Å². The molecule has 0 saturated heterocycles. The molecule has 0 aliphatic rings. The van der Waals surface area contributed by atoms with E-state index in [1.807, 2.05) is 43.3 Å². The molecular formula is C23H28O4. The van der Waals surface area contributed by atoms with Gasteiger partial charge in [-0.3, -0.25) is 0 Å². The van der Waals surface area contributed by atoms with Crippen molar-refractivity contribution in [1.29, 1.82) is 0 Å². The second-order valence-electron chi connectivity index (χ2n) is 7.08. The molecule has 0 spiro atoms. The topological polar surface area (TPSA) is 52.6 Å². The van der Waals surface area contributed by atoms with E-state index in [0.29, 0.717) is 23.7 Å². The van der Waals surface area contributed by atoms with Crippen LogP contribution < -0.4 is 0 Å². The van der Waals surface area contributed by atoms with E-state index in [-0.39, 0.29) is 24.0 Å². The van der Waals surface area contributed by atoms with Gasteiger partial charge in [0.15, 0.2) is 0 Å². The average Bonchev–Trinajstić information content (AvgIpc) is 2.71. The van der Waals surface area contributed by atoms with Crippen molar-refractivity contribution in [2.75, 3.05) is 6.61 Å². The van der Waals surface area contributed by atoms with Crippen LogP contribution in [0, 0.1) is 11.8 Å². The third-order valence-corrected chi connectivity index (χ3v) is 4.80. The Morgan fingerprint density at radius 2 is 1.26 bits per heavy atom. The van der Waals surface area contributed by atoms with Crippen molar-refractivity contribution in [1.82, 2.24) is 0 Å². The Morgan fingerprint density at radius 3 is 1.81 bits per heavy atom. The highest BCUT2D eigenvalue weighted by atomic mass is 16.5. The van der Waals surface area contributed by atoms with Crippen LogP contribution in [-0.2, 0) is 9.47 Å². The Morgan fingerprint density at radius 1 is 0.741 bits per heavy atom. The lowest BCUT2D eigenvalue weighted by atomic mass is 9.91. The lowest BCUT2D eigenvalue weighted by Crippen LogP contribution is -2.20. The number of hydrogen-bond acceptors (Lipinski definition) is 4. The maximum atomic E-state index is 12.1. The fourth-order valence-corrected chi connectivity index (χ4v) is 2.70. The number of carbonyl (C=O) groups is 2. The van der Waals surface area contributed by atoms with Gasteiger partial charge in [0, 0.05) is 0 Å². The summed E-state index contributed by atoms with van der Waals surface area (Å²) in [4.78, 5) is 24.1. The number of benzene rings is 2. The molecule has 144 valence electrons. The van der Waals surface area contributed by atoms with E-state index in [1.54, 1.807) is 24.3 Å². The molecule has 0 heterocycles. The molecule has 0 aromatic heterocycles. The highest BCUT2D eigenvalue weighted by Crippen LogP contribution is 2.20. The van der Waals surface area contributed by atoms with Gasteiger partial charge in [0.1, 0.15) is 0 Å². The minimum Gasteiger partial charge on any atom is -0.462 e. The van der Waals surface area contributed by atoms with Crippen LogP contribution in [0.1, 0.15) is 54.3 Å². The zero-order valence-electron chi connectivity index (χ0n) is 16.3. The van der Waals surface area contributed by atoms with Gasteiger partial charge in [-0.15, -0.1) is 0 Å². The molecule has 4 nitrogen and oxygen atoms in total. The summed E-state index contributed by atoms with van der Waals surface area (Å²) >= 11 is 0. The number of ether oxygens (including phenoxy) is 2. The van der Waals surface area contributed by atoms with Gasteiger partial charge in [-0.05, 0) is 55.9 Å². The van der Waals surface area contributed by atoms with E-state index in [0.717, 1.165) is 12.8 Å². The summed E-state index contributed by atoms with van der Waals surface area (Å²) in [5, 5.41) is 0. The van der Waals surface area contributed by atoms with E-state index in [1.165, 1.54) is 0 Å². The minimum atomic E-state index is -0.292. The maximum Gasteiger partial charge on any atom is 0.338 e. The Labute approximate surface area is 161 Å². The number of rotatable bonds is 9. The third kappa shape index (κ3) is 6.89. The van der Waals surface area contributed by atoms with Gasteiger partial charge in [-0.25, -0.2) is 9.59 Å². The lowest BCUT2D eigenvalue weighted by Gasteiger charge is -2.21. The van der Waals surface area contributed by atoms with Crippen LogP contribution in [0.5, 0.6) is 0 Å². The van der Waals surface area contributed by atoms with Crippen LogP contribution in [0.25, 0.3) is 0 Å². The van der Waals surface area contributed by atoms with Crippen molar-refractivity contribution in [2.24, 2.45) is 11.8 Å². The first-order valence-electron chi connectivity index (χ1n) is 9.45. The summed E-state index contributed by atoms with van der Waals surface area (Å²) in [6.45, 7) is 6.50. The van der Waals surface area contributed by atoms with Crippen molar-refractivity contribution >= 4 is 11.9 Å². The van der Waals surface area contributed by atoms with Crippen molar-refractivity contribution < 1.29 is 19.1 Å². The fourth-order valence-electron chi connectivity index (χ4n) is 2.70. The van der Waals surface area contributed by atoms with Gasteiger partial charge in [0.2, 0.25) is 0 Å². The van der Waals surface area contributed by atoms with Gasteiger partial charge in [-0.2, -0.15) is 0 Å². The molecule has 0 radical (unpaired) electrons. The van der Waals surface area contributed by atoms with Crippen molar-refractivity contribution in [3.8, 4) is 0 Å². The molecule has 0 aliphatic carbocycles.